The molecule has 1 aromatic heterocycles. The fourth-order valence-electron chi connectivity index (χ4n) is 4.22. The van der Waals surface area contributed by atoms with Crippen LogP contribution in [0.15, 0.2) is 51.7 Å². The van der Waals surface area contributed by atoms with Gasteiger partial charge in [-0.1, -0.05) is 37.6 Å². The van der Waals surface area contributed by atoms with Gasteiger partial charge in [0.25, 0.3) is 5.91 Å². The molecule has 5 nitrogen and oxygen atoms in total. The predicted molar refractivity (Wildman–Crippen MR) is 119 cm³/mol. The first-order chi connectivity index (χ1) is 14.9. The maximum atomic E-state index is 13.6. The Kier molecular flexibility index (Phi) is 6.12. The number of amides is 1. The fraction of sp³-hybridized carbons (Fsp3) is 0.333. The van der Waals surface area contributed by atoms with Crippen LogP contribution in [0.4, 0.5) is 4.39 Å². The number of carbonyl (C=O) groups excluding carboxylic acids is 1. The average molecular weight is 443 g/mol. The zero-order valence-electron chi connectivity index (χ0n) is 17.5. The Morgan fingerprint density at radius 1 is 1.10 bits per heavy atom. The molecule has 4 rings (SSSR count). The van der Waals surface area contributed by atoms with E-state index in [4.69, 9.17) is 16.0 Å². The second-order valence-electron chi connectivity index (χ2n) is 7.65. The fourth-order valence-corrected chi connectivity index (χ4v) is 4.39. The van der Waals surface area contributed by atoms with Crippen molar-refractivity contribution in [1.82, 2.24) is 9.80 Å². The molecule has 2 heterocycles. The first kappa shape index (κ1) is 21.5. The SMILES string of the molecule is CCN(CC)CCCN1C(=O)c2oc3ccc(Cl)cc3c(=O)c2[C@H]1c1ccc(F)cc1. The third kappa shape index (κ3) is 3.98. The number of carbonyl (C=O) groups is 1. The molecule has 2 aromatic carbocycles. The minimum absolute atomic E-state index is 0.0528. The van der Waals surface area contributed by atoms with Gasteiger partial charge in [0.2, 0.25) is 5.76 Å². The van der Waals surface area contributed by atoms with E-state index in [1.165, 1.54) is 12.1 Å². The third-order valence-corrected chi connectivity index (χ3v) is 6.12. The van der Waals surface area contributed by atoms with E-state index in [9.17, 15) is 14.0 Å². The zero-order valence-corrected chi connectivity index (χ0v) is 18.3. The van der Waals surface area contributed by atoms with Gasteiger partial charge in [-0.3, -0.25) is 9.59 Å². The van der Waals surface area contributed by atoms with Gasteiger partial charge in [0.05, 0.1) is 17.0 Å². The molecular formula is C24H24ClFN2O3. The van der Waals surface area contributed by atoms with E-state index in [0.29, 0.717) is 28.1 Å². The third-order valence-electron chi connectivity index (χ3n) is 5.88. The summed E-state index contributed by atoms with van der Waals surface area (Å²) in [5.74, 6) is -0.645. The number of nitrogens with zero attached hydrogens (tertiary/aromatic N) is 2. The molecule has 7 heteroatoms. The van der Waals surface area contributed by atoms with Gasteiger partial charge in [0.15, 0.2) is 5.43 Å². The number of benzene rings is 2. The van der Waals surface area contributed by atoms with Gasteiger partial charge in [-0.25, -0.2) is 4.39 Å². The second kappa shape index (κ2) is 8.81. The Morgan fingerprint density at radius 3 is 2.48 bits per heavy atom. The summed E-state index contributed by atoms with van der Waals surface area (Å²) in [6.07, 6.45) is 0.749. The molecule has 0 radical (unpaired) electrons. The van der Waals surface area contributed by atoms with Crippen molar-refractivity contribution in [3.63, 3.8) is 0 Å². The van der Waals surface area contributed by atoms with Crippen molar-refractivity contribution in [2.24, 2.45) is 0 Å². The number of rotatable bonds is 7. The molecule has 1 aliphatic heterocycles. The lowest BCUT2D eigenvalue weighted by Gasteiger charge is -2.26. The Bertz CT molecular complexity index is 1170. The van der Waals surface area contributed by atoms with Crippen molar-refractivity contribution in [3.05, 3.63) is 80.4 Å². The largest absolute Gasteiger partial charge is 0.450 e. The molecule has 162 valence electrons. The van der Waals surface area contributed by atoms with E-state index in [1.807, 2.05) is 0 Å². The van der Waals surface area contributed by atoms with E-state index in [1.54, 1.807) is 35.2 Å². The van der Waals surface area contributed by atoms with Crippen molar-refractivity contribution in [1.29, 1.82) is 0 Å². The molecule has 1 atom stereocenters. The monoisotopic (exact) mass is 442 g/mol. The van der Waals surface area contributed by atoms with Crippen LogP contribution in [0.5, 0.6) is 0 Å². The Hall–Kier alpha value is -2.70. The summed E-state index contributed by atoms with van der Waals surface area (Å²) in [4.78, 5) is 30.7. The van der Waals surface area contributed by atoms with Crippen molar-refractivity contribution >= 4 is 28.5 Å². The van der Waals surface area contributed by atoms with Crippen molar-refractivity contribution in [2.75, 3.05) is 26.2 Å². The number of hydrogen-bond acceptors (Lipinski definition) is 4. The van der Waals surface area contributed by atoms with Crippen molar-refractivity contribution < 1.29 is 13.6 Å². The Balaban J connectivity index is 1.80. The molecule has 1 amide bonds. The molecule has 31 heavy (non-hydrogen) atoms. The summed E-state index contributed by atoms with van der Waals surface area (Å²) in [6, 6.07) is 10.1. The van der Waals surface area contributed by atoms with Crippen LogP contribution in [0.3, 0.4) is 0 Å². The number of hydrogen-bond donors (Lipinski definition) is 0. The molecule has 0 bridgehead atoms. The Labute approximate surface area is 185 Å². The predicted octanol–water partition coefficient (Wildman–Crippen LogP) is 4.86. The second-order valence-corrected chi connectivity index (χ2v) is 8.08. The summed E-state index contributed by atoms with van der Waals surface area (Å²) in [6.45, 7) is 7.35. The highest BCUT2D eigenvalue weighted by Crippen LogP contribution is 2.38. The minimum Gasteiger partial charge on any atom is -0.450 e. The van der Waals surface area contributed by atoms with Gasteiger partial charge in [0.1, 0.15) is 11.4 Å². The summed E-state index contributed by atoms with van der Waals surface area (Å²) >= 11 is 6.09. The van der Waals surface area contributed by atoms with Crippen LogP contribution in [-0.4, -0.2) is 41.9 Å². The van der Waals surface area contributed by atoms with E-state index in [-0.39, 0.29) is 28.5 Å². The Morgan fingerprint density at radius 2 is 1.81 bits per heavy atom. The molecule has 0 fully saturated rings. The normalized spacial score (nSPS) is 15.8. The van der Waals surface area contributed by atoms with Crippen LogP contribution in [0, 0.1) is 5.82 Å². The van der Waals surface area contributed by atoms with E-state index in [2.05, 4.69) is 18.7 Å². The zero-order chi connectivity index (χ0) is 22.1. The molecule has 0 unspecified atom stereocenters. The van der Waals surface area contributed by atoms with Gasteiger partial charge in [0, 0.05) is 11.6 Å². The smallest absolute Gasteiger partial charge is 0.290 e. The van der Waals surface area contributed by atoms with Crippen LogP contribution in [0.2, 0.25) is 5.02 Å². The molecule has 0 saturated heterocycles. The maximum Gasteiger partial charge on any atom is 0.290 e. The van der Waals surface area contributed by atoms with E-state index >= 15 is 0 Å². The highest BCUT2D eigenvalue weighted by atomic mass is 35.5. The van der Waals surface area contributed by atoms with Crippen molar-refractivity contribution in [2.45, 2.75) is 26.3 Å². The highest BCUT2D eigenvalue weighted by Gasteiger charge is 2.42. The van der Waals surface area contributed by atoms with Gasteiger partial charge < -0.3 is 14.2 Å². The lowest BCUT2D eigenvalue weighted by atomic mass is 9.98. The molecule has 3 aromatic rings. The summed E-state index contributed by atoms with van der Waals surface area (Å²) in [5, 5.41) is 0.745. The van der Waals surface area contributed by atoms with Crippen LogP contribution in [-0.2, 0) is 0 Å². The molecule has 1 aliphatic rings. The van der Waals surface area contributed by atoms with Gasteiger partial charge >= 0.3 is 0 Å². The first-order valence-electron chi connectivity index (χ1n) is 10.5. The standard InChI is InChI=1S/C24H24ClFN2O3/c1-3-27(4-2)12-5-13-28-21(15-6-9-17(26)10-7-15)20-22(29)18-14-16(25)8-11-19(18)31-23(20)24(28)30/h6-11,14,21H,3-5,12-13H2,1-2H3/t21-/m1/s1. The molecular weight excluding hydrogens is 419 g/mol. The molecule has 0 aliphatic carbocycles. The minimum atomic E-state index is -0.626. The van der Waals surface area contributed by atoms with Crippen LogP contribution >= 0.6 is 11.6 Å². The van der Waals surface area contributed by atoms with Crippen LogP contribution in [0.1, 0.15) is 48.0 Å². The number of halogens is 2. The van der Waals surface area contributed by atoms with Crippen LogP contribution < -0.4 is 5.43 Å². The quantitative estimate of drug-likeness (QED) is 0.524. The van der Waals surface area contributed by atoms with E-state index in [0.717, 1.165) is 26.1 Å². The van der Waals surface area contributed by atoms with E-state index < -0.39 is 6.04 Å². The molecule has 0 spiro atoms. The summed E-state index contributed by atoms with van der Waals surface area (Å²) in [5.41, 5.74) is 0.997. The van der Waals surface area contributed by atoms with Gasteiger partial charge in [-0.05, 0) is 62.0 Å². The number of fused-ring (bicyclic) bond motifs is 2. The average Bonchev–Trinajstić information content (AvgIpc) is 3.04. The van der Waals surface area contributed by atoms with Gasteiger partial charge in [-0.2, -0.15) is 0 Å². The summed E-state index contributed by atoms with van der Waals surface area (Å²) in [7, 11) is 0. The van der Waals surface area contributed by atoms with Crippen molar-refractivity contribution in [3.8, 4) is 0 Å². The lowest BCUT2D eigenvalue weighted by molar-refractivity contribution is 0.0720. The summed E-state index contributed by atoms with van der Waals surface area (Å²) < 4.78 is 19.5. The topological polar surface area (TPSA) is 53.8 Å². The highest BCUT2D eigenvalue weighted by molar-refractivity contribution is 6.31. The first-order valence-corrected chi connectivity index (χ1v) is 10.9. The van der Waals surface area contributed by atoms with Crippen LogP contribution in [0.25, 0.3) is 11.0 Å². The maximum absolute atomic E-state index is 13.6. The lowest BCUT2D eigenvalue weighted by Crippen LogP contribution is -2.33. The molecule has 0 saturated carbocycles. The van der Waals surface area contributed by atoms with Gasteiger partial charge in [-0.15, -0.1) is 0 Å². The molecule has 0 N–H and O–H groups in total.